The molecule has 0 radical (unpaired) electrons. The summed E-state index contributed by atoms with van der Waals surface area (Å²) in [6.45, 7) is 0.526. The highest BCUT2D eigenvalue weighted by Gasteiger charge is 2.35. The SMILES string of the molecule is COC1(CN)CCCc2cc(Cl)ccc21. The Balaban J connectivity index is 2.50. The zero-order valence-corrected chi connectivity index (χ0v) is 9.68. The van der Waals surface area contributed by atoms with Gasteiger partial charge in [-0.25, -0.2) is 0 Å². The summed E-state index contributed by atoms with van der Waals surface area (Å²) in [5.74, 6) is 0. The van der Waals surface area contributed by atoms with Crippen LogP contribution in [0.15, 0.2) is 18.2 Å². The summed E-state index contributed by atoms with van der Waals surface area (Å²) in [5, 5.41) is 0.790. The highest BCUT2D eigenvalue weighted by atomic mass is 35.5. The van der Waals surface area contributed by atoms with E-state index in [0.29, 0.717) is 6.54 Å². The van der Waals surface area contributed by atoms with Crippen LogP contribution in [0.5, 0.6) is 0 Å². The quantitative estimate of drug-likeness (QED) is 0.840. The van der Waals surface area contributed by atoms with Crippen molar-refractivity contribution in [3.8, 4) is 0 Å². The van der Waals surface area contributed by atoms with Crippen LogP contribution in [0.25, 0.3) is 0 Å². The number of nitrogens with two attached hydrogens (primary N) is 1. The van der Waals surface area contributed by atoms with Gasteiger partial charge < -0.3 is 10.5 Å². The third-order valence-corrected chi connectivity index (χ3v) is 3.54. The monoisotopic (exact) mass is 225 g/mol. The van der Waals surface area contributed by atoms with Crippen LogP contribution < -0.4 is 5.73 Å². The van der Waals surface area contributed by atoms with Crippen LogP contribution >= 0.6 is 11.6 Å². The van der Waals surface area contributed by atoms with Crippen LogP contribution in [0.4, 0.5) is 0 Å². The molecule has 82 valence electrons. The third kappa shape index (κ3) is 1.78. The number of fused-ring (bicyclic) bond motifs is 1. The average Bonchev–Trinajstić information content (AvgIpc) is 2.27. The molecule has 1 aliphatic carbocycles. The van der Waals surface area contributed by atoms with Crippen molar-refractivity contribution in [3.05, 3.63) is 34.3 Å². The highest BCUT2D eigenvalue weighted by molar-refractivity contribution is 6.30. The normalized spacial score (nSPS) is 25.0. The number of ether oxygens (including phenoxy) is 1. The second kappa shape index (κ2) is 4.12. The van der Waals surface area contributed by atoms with Crippen LogP contribution in [-0.2, 0) is 16.8 Å². The minimum absolute atomic E-state index is 0.293. The molecule has 1 aliphatic rings. The maximum atomic E-state index is 5.98. The van der Waals surface area contributed by atoms with Crippen molar-refractivity contribution < 1.29 is 4.74 Å². The Bertz CT molecular complexity index is 361. The summed E-state index contributed by atoms with van der Waals surface area (Å²) in [7, 11) is 1.73. The highest BCUT2D eigenvalue weighted by Crippen LogP contribution is 2.38. The number of rotatable bonds is 2. The van der Waals surface area contributed by atoms with Gasteiger partial charge in [0.2, 0.25) is 0 Å². The lowest BCUT2D eigenvalue weighted by atomic mass is 9.79. The number of benzene rings is 1. The first-order chi connectivity index (χ1) is 7.22. The van der Waals surface area contributed by atoms with E-state index in [4.69, 9.17) is 22.1 Å². The fourth-order valence-electron chi connectivity index (χ4n) is 2.42. The topological polar surface area (TPSA) is 35.2 Å². The molecule has 0 saturated heterocycles. The van der Waals surface area contributed by atoms with E-state index in [1.54, 1.807) is 7.11 Å². The zero-order valence-electron chi connectivity index (χ0n) is 8.92. The summed E-state index contributed by atoms with van der Waals surface area (Å²) in [6, 6.07) is 5.99. The third-order valence-electron chi connectivity index (χ3n) is 3.31. The van der Waals surface area contributed by atoms with Crippen molar-refractivity contribution >= 4 is 11.6 Å². The fourth-order valence-corrected chi connectivity index (χ4v) is 2.61. The molecule has 3 heteroatoms. The Morgan fingerprint density at radius 2 is 2.33 bits per heavy atom. The molecule has 2 nitrogen and oxygen atoms in total. The van der Waals surface area contributed by atoms with Crippen molar-refractivity contribution in [2.24, 2.45) is 5.73 Å². The molecule has 0 aliphatic heterocycles. The van der Waals surface area contributed by atoms with Gasteiger partial charge in [0.05, 0.1) is 0 Å². The van der Waals surface area contributed by atoms with Crippen molar-refractivity contribution in [1.29, 1.82) is 0 Å². The maximum Gasteiger partial charge on any atom is 0.105 e. The van der Waals surface area contributed by atoms with E-state index in [0.717, 1.165) is 24.3 Å². The van der Waals surface area contributed by atoms with Gasteiger partial charge in [-0.3, -0.25) is 0 Å². The average molecular weight is 226 g/mol. The molecule has 1 aromatic carbocycles. The van der Waals surface area contributed by atoms with Crippen molar-refractivity contribution in [2.75, 3.05) is 13.7 Å². The van der Waals surface area contributed by atoms with Gasteiger partial charge in [-0.15, -0.1) is 0 Å². The van der Waals surface area contributed by atoms with Crippen LogP contribution in [0.1, 0.15) is 24.0 Å². The summed E-state index contributed by atoms with van der Waals surface area (Å²) in [6.07, 6.45) is 3.17. The molecule has 0 aromatic heterocycles. The Morgan fingerprint density at radius 3 is 3.00 bits per heavy atom. The molecule has 1 unspecified atom stereocenters. The molecular formula is C12H16ClNO. The summed E-state index contributed by atoms with van der Waals surface area (Å²) < 4.78 is 5.63. The van der Waals surface area contributed by atoms with E-state index in [-0.39, 0.29) is 5.60 Å². The van der Waals surface area contributed by atoms with Gasteiger partial charge in [-0.05, 0) is 42.5 Å². The number of methoxy groups -OCH3 is 1. The van der Waals surface area contributed by atoms with Crippen molar-refractivity contribution in [1.82, 2.24) is 0 Å². The molecule has 2 rings (SSSR count). The molecule has 15 heavy (non-hydrogen) atoms. The smallest absolute Gasteiger partial charge is 0.105 e. The lowest BCUT2D eigenvalue weighted by Gasteiger charge is -2.37. The molecule has 0 saturated carbocycles. The molecular weight excluding hydrogens is 210 g/mol. The molecule has 0 bridgehead atoms. The maximum absolute atomic E-state index is 5.98. The van der Waals surface area contributed by atoms with E-state index in [2.05, 4.69) is 0 Å². The molecule has 0 amide bonds. The van der Waals surface area contributed by atoms with E-state index in [1.807, 2.05) is 18.2 Å². The summed E-state index contributed by atoms with van der Waals surface area (Å²) in [5.41, 5.74) is 8.04. The predicted molar refractivity (Wildman–Crippen MR) is 62.1 cm³/mol. The Hall–Kier alpha value is -0.570. The molecule has 0 spiro atoms. The van der Waals surface area contributed by atoms with E-state index in [9.17, 15) is 0 Å². The number of aryl methyl sites for hydroxylation is 1. The first-order valence-electron chi connectivity index (χ1n) is 5.26. The second-order valence-corrected chi connectivity index (χ2v) is 4.49. The lowest BCUT2D eigenvalue weighted by Crippen LogP contribution is -2.40. The van der Waals surface area contributed by atoms with Crippen LogP contribution in [-0.4, -0.2) is 13.7 Å². The van der Waals surface area contributed by atoms with Gasteiger partial charge in [0.1, 0.15) is 5.60 Å². The van der Waals surface area contributed by atoms with Gasteiger partial charge in [-0.2, -0.15) is 0 Å². The largest absolute Gasteiger partial charge is 0.372 e. The van der Waals surface area contributed by atoms with Crippen molar-refractivity contribution in [2.45, 2.75) is 24.9 Å². The standard InChI is InChI=1S/C12H16ClNO/c1-15-12(8-14)6-2-3-9-7-10(13)4-5-11(9)12/h4-5,7H,2-3,6,8,14H2,1H3. The van der Waals surface area contributed by atoms with E-state index >= 15 is 0 Å². The van der Waals surface area contributed by atoms with Crippen LogP contribution in [0.3, 0.4) is 0 Å². The molecule has 1 aromatic rings. The first-order valence-corrected chi connectivity index (χ1v) is 5.64. The van der Waals surface area contributed by atoms with Gasteiger partial charge in [0, 0.05) is 18.7 Å². The van der Waals surface area contributed by atoms with Crippen LogP contribution in [0, 0.1) is 0 Å². The van der Waals surface area contributed by atoms with E-state index < -0.39 is 0 Å². The minimum atomic E-state index is -0.293. The minimum Gasteiger partial charge on any atom is -0.372 e. The van der Waals surface area contributed by atoms with Gasteiger partial charge in [0.25, 0.3) is 0 Å². The molecule has 1 atom stereocenters. The second-order valence-electron chi connectivity index (χ2n) is 4.06. The predicted octanol–water partition coefficient (Wildman–Crippen LogP) is 2.48. The summed E-state index contributed by atoms with van der Waals surface area (Å²) in [4.78, 5) is 0. The fraction of sp³-hybridized carbons (Fsp3) is 0.500. The van der Waals surface area contributed by atoms with Gasteiger partial charge in [0.15, 0.2) is 0 Å². The van der Waals surface area contributed by atoms with Crippen LogP contribution in [0.2, 0.25) is 5.02 Å². The first kappa shape index (κ1) is 10.9. The number of hydrogen-bond donors (Lipinski definition) is 1. The van der Waals surface area contributed by atoms with Gasteiger partial charge >= 0.3 is 0 Å². The van der Waals surface area contributed by atoms with Crippen molar-refractivity contribution in [3.63, 3.8) is 0 Å². The number of hydrogen-bond acceptors (Lipinski definition) is 2. The Kier molecular flexibility index (Phi) is 3.01. The Morgan fingerprint density at radius 1 is 1.53 bits per heavy atom. The Labute approximate surface area is 95.4 Å². The zero-order chi connectivity index (χ0) is 10.9. The van der Waals surface area contributed by atoms with Gasteiger partial charge in [-0.1, -0.05) is 17.7 Å². The molecule has 0 fully saturated rings. The molecule has 0 heterocycles. The van der Waals surface area contributed by atoms with E-state index in [1.165, 1.54) is 11.1 Å². The number of halogens is 1. The molecule has 2 N–H and O–H groups in total. The summed E-state index contributed by atoms with van der Waals surface area (Å²) >= 11 is 5.98. The lowest BCUT2D eigenvalue weighted by molar-refractivity contribution is -0.0211.